The van der Waals surface area contributed by atoms with Crippen molar-refractivity contribution in [2.45, 2.75) is 18.9 Å². The predicted octanol–water partition coefficient (Wildman–Crippen LogP) is 2.90. The van der Waals surface area contributed by atoms with Crippen LogP contribution in [0.25, 0.3) is 11.4 Å². The summed E-state index contributed by atoms with van der Waals surface area (Å²) in [4.78, 5) is 11.3. The molecule has 0 saturated heterocycles. The highest BCUT2D eigenvalue weighted by atomic mass is 15.1. The van der Waals surface area contributed by atoms with E-state index in [0.29, 0.717) is 0 Å². The van der Waals surface area contributed by atoms with Gasteiger partial charge in [-0.3, -0.25) is 0 Å². The van der Waals surface area contributed by atoms with Gasteiger partial charge in [-0.15, -0.1) is 0 Å². The summed E-state index contributed by atoms with van der Waals surface area (Å²) in [7, 11) is 4.32. The number of anilines is 1. The minimum absolute atomic E-state index is 0.752. The van der Waals surface area contributed by atoms with Crippen LogP contribution in [0.5, 0.6) is 0 Å². The minimum Gasteiger partial charge on any atom is -0.370 e. The number of hydrogen-bond donors (Lipinski definition) is 1. The van der Waals surface area contributed by atoms with Crippen molar-refractivity contribution in [2.24, 2.45) is 5.92 Å². The van der Waals surface area contributed by atoms with Crippen LogP contribution in [-0.4, -0.2) is 41.5 Å². The standard InChI is InChI=1S/C17H22N4/c1-21(2)15-10-13(11-15)12-19-16-8-9-18-17(20-16)14-6-4-3-5-7-14/h3-9,13,15H,10-12H2,1-2H3,(H,18,19,20). The van der Waals surface area contributed by atoms with Crippen LogP contribution in [0.3, 0.4) is 0 Å². The third-order valence-corrected chi connectivity index (χ3v) is 4.20. The highest BCUT2D eigenvalue weighted by Gasteiger charge is 2.30. The van der Waals surface area contributed by atoms with E-state index in [4.69, 9.17) is 0 Å². The summed E-state index contributed by atoms with van der Waals surface area (Å²) in [6, 6.07) is 12.8. The lowest BCUT2D eigenvalue weighted by Gasteiger charge is -2.39. The number of hydrogen-bond acceptors (Lipinski definition) is 4. The van der Waals surface area contributed by atoms with Gasteiger partial charge >= 0.3 is 0 Å². The maximum absolute atomic E-state index is 4.59. The number of nitrogens with one attached hydrogen (secondary N) is 1. The van der Waals surface area contributed by atoms with Gasteiger partial charge in [-0.25, -0.2) is 9.97 Å². The van der Waals surface area contributed by atoms with E-state index in [9.17, 15) is 0 Å². The van der Waals surface area contributed by atoms with Crippen LogP contribution in [0.4, 0.5) is 5.82 Å². The molecule has 0 amide bonds. The lowest BCUT2D eigenvalue weighted by Crippen LogP contribution is -2.42. The van der Waals surface area contributed by atoms with Gasteiger partial charge in [0, 0.05) is 24.3 Å². The fourth-order valence-electron chi connectivity index (χ4n) is 2.72. The second-order valence-corrected chi connectivity index (χ2v) is 5.97. The quantitative estimate of drug-likeness (QED) is 0.915. The van der Waals surface area contributed by atoms with Gasteiger partial charge < -0.3 is 10.2 Å². The summed E-state index contributed by atoms with van der Waals surface area (Å²) in [6.45, 7) is 0.996. The average Bonchev–Trinajstić information content (AvgIpc) is 2.46. The first-order valence-electron chi connectivity index (χ1n) is 7.51. The van der Waals surface area contributed by atoms with E-state index in [-0.39, 0.29) is 0 Å². The molecule has 1 aromatic heterocycles. The molecule has 1 N–H and O–H groups in total. The van der Waals surface area contributed by atoms with Crippen molar-refractivity contribution in [3.05, 3.63) is 42.6 Å². The van der Waals surface area contributed by atoms with Gasteiger partial charge in [-0.1, -0.05) is 30.3 Å². The Morgan fingerprint density at radius 2 is 1.90 bits per heavy atom. The summed E-state index contributed by atoms with van der Waals surface area (Å²) in [5.41, 5.74) is 1.05. The molecule has 3 rings (SSSR count). The fourth-order valence-corrected chi connectivity index (χ4v) is 2.72. The van der Waals surface area contributed by atoms with Crippen LogP contribution in [-0.2, 0) is 0 Å². The van der Waals surface area contributed by atoms with Crippen LogP contribution in [0.15, 0.2) is 42.6 Å². The van der Waals surface area contributed by atoms with E-state index < -0.39 is 0 Å². The van der Waals surface area contributed by atoms with Crippen molar-refractivity contribution in [3.8, 4) is 11.4 Å². The molecule has 2 aromatic rings. The van der Waals surface area contributed by atoms with Gasteiger partial charge in [0.25, 0.3) is 0 Å². The molecule has 4 nitrogen and oxygen atoms in total. The highest BCUT2D eigenvalue weighted by molar-refractivity contribution is 5.56. The molecule has 110 valence electrons. The van der Waals surface area contributed by atoms with Crippen molar-refractivity contribution in [1.82, 2.24) is 14.9 Å². The Kier molecular flexibility index (Phi) is 4.15. The second kappa shape index (κ2) is 6.22. The van der Waals surface area contributed by atoms with Crippen molar-refractivity contribution < 1.29 is 0 Å². The summed E-state index contributed by atoms with van der Waals surface area (Å²) < 4.78 is 0. The zero-order chi connectivity index (χ0) is 14.7. The summed E-state index contributed by atoms with van der Waals surface area (Å²) >= 11 is 0. The van der Waals surface area contributed by atoms with Gasteiger partial charge in [-0.05, 0) is 38.9 Å². The van der Waals surface area contributed by atoms with E-state index >= 15 is 0 Å². The zero-order valence-corrected chi connectivity index (χ0v) is 12.7. The van der Waals surface area contributed by atoms with E-state index in [1.807, 2.05) is 42.6 Å². The van der Waals surface area contributed by atoms with Gasteiger partial charge in [-0.2, -0.15) is 0 Å². The average molecular weight is 282 g/mol. The Morgan fingerprint density at radius 1 is 1.14 bits per heavy atom. The Balaban J connectivity index is 1.58. The molecule has 0 spiro atoms. The summed E-state index contributed by atoms with van der Waals surface area (Å²) in [5.74, 6) is 2.45. The van der Waals surface area contributed by atoms with E-state index in [0.717, 1.165) is 35.7 Å². The Labute approximate surface area is 126 Å². The molecule has 1 aliphatic rings. The first-order chi connectivity index (χ1) is 10.2. The number of aromatic nitrogens is 2. The van der Waals surface area contributed by atoms with Crippen LogP contribution >= 0.6 is 0 Å². The lowest BCUT2D eigenvalue weighted by atomic mass is 9.79. The molecule has 0 radical (unpaired) electrons. The summed E-state index contributed by atoms with van der Waals surface area (Å²) in [5, 5.41) is 3.45. The van der Waals surface area contributed by atoms with Crippen LogP contribution in [0.1, 0.15) is 12.8 Å². The molecule has 0 bridgehead atoms. The number of rotatable bonds is 5. The van der Waals surface area contributed by atoms with E-state index in [1.54, 1.807) is 0 Å². The molecule has 1 saturated carbocycles. The van der Waals surface area contributed by atoms with Gasteiger partial charge in [0.15, 0.2) is 5.82 Å². The van der Waals surface area contributed by atoms with Gasteiger partial charge in [0.1, 0.15) is 5.82 Å². The van der Waals surface area contributed by atoms with Crippen LogP contribution < -0.4 is 5.32 Å². The Hall–Kier alpha value is -1.94. The molecule has 4 heteroatoms. The summed E-state index contributed by atoms with van der Waals surface area (Å²) in [6.07, 6.45) is 4.37. The van der Waals surface area contributed by atoms with Crippen molar-refractivity contribution >= 4 is 5.82 Å². The molecular formula is C17H22N4. The monoisotopic (exact) mass is 282 g/mol. The molecule has 1 heterocycles. The first kappa shape index (κ1) is 14.0. The number of benzene rings is 1. The first-order valence-corrected chi connectivity index (χ1v) is 7.51. The topological polar surface area (TPSA) is 41.0 Å². The largest absolute Gasteiger partial charge is 0.370 e. The third kappa shape index (κ3) is 3.39. The minimum atomic E-state index is 0.752. The van der Waals surface area contributed by atoms with Crippen LogP contribution in [0.2, 0.25) is 0 Å². The lowest BCUT2D eigenvalue weighted by molar-refractivity contribution is 0.131. The van der Waals surface area contributed by atoms with E-state index in [1.165, 1.54) is 12.8 Å². The second-order valence-electron chi connectivity index (χ2n) is 5.97. The Morgan fingerprint density at radius 3 is 2.62 bits per heavy atom. The SMILES string of the molecule is CN(C)C1CC(CNc2ccnc(-c3ccccc3)n2)C1. The van der Waals surface area contributed by atoms with Crippen molar-refractivity contribution in [1.29, 1.82) is 0 Å². The van der Waals surface area contributed by atoms with Crippen LogP contribution in [0, 0.1) is 5.92 Å². The molecule has 0 atom stereocenters. The smallest absolute Gasteiger partial charge is 0.161 e. The molecule has 1 aromatic carbocycles. The normalized spacial score (nSPS) is 21.1. The van der Waals surface area contributed by atoms with Gasteiger partial charge in [0.2, 0.25) is 0 Å². The molecule has 0 unspecified atom stereocenters. The molecule has 21 heavy (non-hydrogen) atoms. The molecule has 1 fully saturated rings. The number of nitrogens with zero attached hydrogens (tertiary/aromatic N) is 3. The highest BCUT2D eigenvalue weighted by Crippen LogP contribution is 2.30. The third-order valence-electron chi connectivity index (χ3n) is 4.20. The molecule has 1 aliphatic carbocycles. The maximum atomic E-state index is 4.59. The fraction of sp³-hybridized carbons (Fsp3) is 0.412. The molecular weight excluding hydrogens is 260 g/mol. The van der Waals surface area contributed by atoms with E-state index in [2.05, 4.69) is 34.3 Å². The van der Waals surface area contributed by atoms with Crippen molar-refractivity contribution in [2.75, 3.05) is 26.0 Å². The predicted molar refractivity (Wildman–Crippen MR) is 86.2 cm³/mol. The maximum Gasteiger partial charge on any atom is 0.161 e. The molecule has 0 aliphatic heterocycles. The van der Waals surface area contributed by atoms with Crippen molar-refractivity contribution in [3.63, 3.8) is 0 Å². The Bertz CT molecular complexity index is 576. The zero-order valence-electron chi connectivity index (χ0n) is 12.7. The van der Waals surface area contributed by atoms with Gasteiger partial charge in [0.05, 0.1) is 0 Å².